The van der Waals surface area contributed by atoms with Gasteiger partial charge in [-0.1, -0.05) is 6.92 Å². The second-order valence-electron chi connectivity index (χ2n) is 2.04. The van der Waals surface area contributed by atoms with Crippen molar-refractivity contribution in [1.29, 1.82) is 0 Å². The Labute approximate surface area is 68.0 Å². The van der Waals surface area contributed by atoms with Crippen molar-refractivity contribution in [1.82, 2.24) is 0 Å². The number of nitroso groups, excluding NO2 is 1. The van der Waals surface area contributed by atoms with Crippen molar-refractivity contribution >= 4 is 22.8 Å². The molecule has 0 spiro atoms. The fourth-order valence-corrected chi connectivity index (χ4v) is 1.52. The molecule has 4 heteroatoms. The summed E-state index contributed by atoms with van der Waals surface area (Å²) in [6.07, 6.45) is 0.471. The number of nitrogens with zero attached hydrogens (tertiary/aromatic N) is 1. The standard InChI is InChI=1S/C7H7NO2S/c1-2-6(9)7-3-5(8-10)4-11-7/h3-4H,2H2,1H3. The largest absolute Gasteiger partial charge is 0.293 e. The second-order valence-corrected chi connectivity index (χ2v) is 2.95. The first kappa shape index (κ1) is 8.07. The molecule has 58 valence electrons. The van der Waals surface area contributed by atoms with Crippen LogP contribution in [0.4, 0.5) is 5.69 Å². The molecule has 0 aliphatic rings. The molecule has 0 atom stereocenters. The summed E-state index contributed by atoms with van der Waals surface area (Å²) in [6, 6.07) is 1.52. The number of rotatable bonds is 3. The number of hydrogen-bond donors (Lipinski definition) is 0. The van der Waals surface area contributed by atoms with Crippen molar-refractivity contribution in [2.75, 3.05) is 0 Å². The SMILES string of the molecule is CCC(=O)c1cc(N=O)cs1. The Bertz CT molecular complexity index is 280. The Morgan fingerprint density at radius 1 is 1.73 bits per heavy atom. The predicted octanol–water partition coefficient (Wildman–Crippen LogP) is 2.74. The Balaban J connectivity index is 2.88. The lowest BCUT2D eigenvalue weighted by molar-refractivity contribution is 0.0992. The van der Waals surface area contributed by atoms with Gasteiger partial charge in [0.2, 0.25) is 0 Å². The van der Waals surface area contributed by atoms with E-state index in [1.54, 1.807) is 12.3 Å². The van der Waals surface area contributed by atoms with Crippen LogP contribution in [0.25, 0.3) is 0 Å². The highest BCUT2D eigenvalue weighted by molar-refractivity contribution is 7.12. The summed E-state index contributed by atoms with van der Waals surface area (Å²) in [4.78, 5) is 21.6. The molecule has 0 N–H and O–H groups in total. The van der Waals surface area contributed by atoms with E-state index in [0.29, 0.717) is 17.0 Å². The van der Waals surface area contributed by atoms with Crippen molar-refractivity contribution in [3.8, 4) is 0 Å². The minimum Gasteiger partial charge on any atom is -0.293 e. The van der Waals surface area contributed by atoms with Crippen LogP contribution in [0.3, 0.4) is 0 Å². The number of carbonyl (C=O) groups is 1. The second kappa shape index (κ2) is 3.39. The van der Waals surface area contributed by atoms with E-state index in [4.69, 9.17) is 0 Å². The molecule has 0 saturated carbocycles. The lowest BCUT2D eigenvalue weighted by Gasteiger charge is -1.86. The zero-order chi connectivity index (χ0) is 8.27. The molecule has 1 aromatic rings. The first-order valence-corrected chi connectivity index (χ1v) is 4.11. The number of carbonyl (C=O) groups excluding carboxylic acids is 1. The molecule has 3 nitrogen and oxygen atoms in total. The van der Waals surface area contributed by atoms with Gasteiger partial charge in [-0.15, -0.1) is 16.2 Å². The maximum Gasteiger partial charge on any atom is 0.172 e. The predicted molar refractivity (Wildman–Crippen MR) is 44.4 cm³/mol. The van der Waals surface area contributed by atoms with Crippen molar-refractivity contribution < 1.29 is 4.79 Å². The molecule has 11 heavy (non-hydrogen) atoms. The molecule has 0 aromatic carbocycles. The normalized spacial score (nSPS) is 9.55. The third-order valence-corrected chi connectivity index (χ3v) is 2.25. The number of Topliss-reactive ketones (excluding diaryl/α,β-unsaturated/α-hetero) is 1. The summed E-state index contributed by atoms with van der Waals surface area (Å²) in [5, 5.41) is 4.30. The Morgan fingerprint density at radius 2 is 2.45 bits per heavy atom. The first-order valence-electron chi connectivity index (χ1n) is 3.23. The van der Waals surface area contributed by atoms with Gasteiger partial charge in [0.25, 0.3) is 0 Å². The monoisotopic (exact) mass is 169 g/mol. The van der Waals surface area contributed by atoms with Crippen molar-refractivity contribution in [3.63, 3.8) is 0 Å². The fraction of sp³-hybridized carbons (Fsp3) is 0.286. The minimum absolute atomic E-state index is 0.0601. The molecule has 1 heterocycles. The fourth-order valence-electron chi connectivity index (χ4n) is 0.695. The van der Waals surface area contributed by atoms with Gasteiger partial charge in [-0.3, -0.25) is 4.79 Å². The highest BCUT2D eigenvalue weighted by Gasteiger charge is 2.06. The number of thiophene rings is 1. The van der Waals surface area contributed by atoms with Crippen molar-refractivity contribution in [3.05, 3.63) is 21.2 Å². The van der Waals surface area contributed by atoms with E-state index in [1.807, 2.05) is 0 Å². The lowest BCUT2D eigenvalue weighted by atomic mass is 10.2. The Kier molecular flexibility index (Phi) is 2.48. The van der Waals surface area contributed by atoms with Crippen LogP contribution in [0.5, 0.6) is 0 Å². The lowest BCUT2D eigenvalue weighted by Crippen LogP contribution is -1.90. The topological polar surface area (TPSA) is 46.5 Å². The summed E-state index contributed by atoms with van der Waals surface area (Å²) in [5.41, 5.74) is 0.340. The first-order chi connectivity index (χ1) is 5.27. The Morgan fingerprint density at radius 3 is 2.91 bits per heavy atom. The molecule has 0 amide bonds. The molecule has 0 radical (unpaired) electrons. The van der Waals surface area contributed by atoms with Crippen LogP contribution in [0.2, 0.25) is 0 Å². The van der Waals surface area contributed by atoms with Gasteiger partial charge < -0.3 is 0 Å². The van der Waals surface area contributed by atoms with Gasteiger partial charge in [0.1, 0.15) is 5.69 Å². The van der Waals surface area contributed by atoms with Gasteiger partial charge in [-0.05, 0) is 11.2 Å². The number of hydrogen-bond acceptors (Lipinski definition) is 4. The molecule has 1 aromatic heterocycles. The van der Waals surface area contributed by atoms with Gasteiger partial charge in [0, 0.05) is 11.8 Å². The third kappa shape index (κ3) is 1.71. The zero-order valence-electron chi connectivity index (χ0n) is 6.03. The maximum atomic E-state index is 11.0. The summed E-state index contributed by atoms with van der Waals surface area (Å²) < 4.78 is 0. The van der Waals surface area contributed by atoms with E-state index >= 15 is 0 Å². The van der Waals surface area contributed by atoms with Crippen LogP contribution in [0.15, 0.2) is 16.6 Å². The Hall–Kier alpha value is -1.03. The molecule has 0 fully saturated rings. The van der Waals surface area contributed by atoms with E-state index in [0.717, 1.165) is 0 Å². The average Bonchev–Trinajstić information content (AvgIpc) is 2.50. The van der Waals surface area contributed by atoms with E-state index in [-0.39, 0.29) is 5.78 Å². The van der Waals surface area contributed by atoms with Gasteiger partial charge in [-0.2, -0.15) is 0 Å². The quantitative estimate of drug-likeness (QED) is 0.516. The average molecular weight is 169 g/mol. The van der Waals surface area contributed by atoms with Crippen LogP contribution in [0, 0.1) is 4.91 Å². The smallest absolute Gasteiger partial charge is 0.172 e. The highest BCUT2D eigenvalue weighted by Crippen LogP contribution is 2.22. The van der Waals surface area contributed by atoms with Crippen LogP contribution in [-0.2, 0) is 0 Å². The van der Waals surface area contributed by atoms with Crippen LogP contribution < -0.4 is 0 Å². The molecule has 0 unspecified atom stereocenters. The molecule has 0 bridgehead atoms. The van der Waals surface area contributed by atoms with Crippen LogP contribution in [-0.4, -0.2) is 5.78 Å². The van der Waals surface area contributed by atoms with E-state index in [1.165, 1.54) is 17.4 Å². The zero-order valence-corrected chi connectivity index (χ0v) is 6.85. The van der Waals surface area contributed by atoms with E-state index in [9.17, 15) is 9.70 Å². The van der Waals surface area contributed by atoms with Gasteiger partial charge in [-0.25, -0.2) is 0 Å². The third-order valence-electron chi connectivity index (χ3n) is 1.29. The molecular formula is C7H7NO2S. The summed E-state index contributed by atoms with van der Waals surface area (Å²) >= 11 is 1.26. The summed E-state index contributed by atoms with van der Waals surface area (Å²) in [6.45, 7) is 1.79. The summed E-state index contributed by atoms with van der Waals surface area (Å²) in [5.74, 6) is 0.0601. The molecule has 0 aliphatic heterocycles. The molecular weight excluding hydrogens is 162 g/mol. The summed E-state index contributed by atoms with van der Waals surface area (Å²) in [7, 11) is 0. The van der Waals surface area contributed by atoms with Gasteiger partial charge in [0.15, 0.2) is 5.78 Å². The molecule has 0 aliphatic carbocycles. The highest BCUT2D eigenvalue weighted by atomic mass is 32.1. The van der Waals surface area contributed by atoms with Gasteiger partial charge in [0.05, 0.1) is 4.88 Å². The van der Waals surface area contributed by atoms with E-state index in [2.05, 4.69) is 5.18 Å². The molecule has 1 rings (SSSR count). The van der Waals surface area contributed by atoms with Gasteiger partial charge >= 0.3 is 0 Å². The molecule has 0 saturated heterocycles. The minimum atomic E-state index is 0.0601. The maximum absolute atomic E-state index is 11.0. The van der Waals surface area contributed by atoms with E-state index < -0.39 is 0 Å². The van der Waals surface area contributed by atoms with Crippen LogP contribution in [0.1, 0.15) is 23.0 Å². The number of ketones is 1. The van der Waals surface area contributed by atoms with Crippen molar-refractivity contribution in [2.45, 2.75) is 13.3 Å². The van der Waals surface area contributed by atoms with Crippen molar-refractivity contribution in [2.24, 2.45) is 5.18 Å². The van der Waals surface area contributed by atoms with Crippen LogP contribution >= 0.6 is 11.3 Å².